The molecule has 2 aliphatic rings. The van der Waals surface area contributed by atoms with Gasteiger partial charge in [-0.05, 0) is 62.7 Å². The first-order valence-corrected chi connectivity index (χ1v) is 7.30. The van der Waals surface area contributed by atoms with Gasteiger partial charge in [0, 0.05) is 11.5 Å². The lowest BCUT2D eigenvalue weighted by Gasteiger charge is -2.29. The van der Waals surface area contributed by atoms with Crippen molar-refractivity contribution in [2.75, 3.05) is 13.1 Å². The lowest BCUT2D eigenvalue weighted by atomic mass is 9.79. The van der Waals surface area contributed by atoms with Gasteiger partial charge in [0.15, 0.2) is 0 Å². The summed E-state index contributed by atoms with van der Waals surface area (Å²) in [5.41, 5.74) is 9.67. The number of nitrogens with one attached hydrogen (secondary N) is 1. The van der Waals surface area contributed by atoms with Crippen LogP contribution in [0.5, 0.6) is 0 Å². The van der Waals surface area contributed by atoms with Crippen LogP contribution >= 0.6 is 0 Å². The molecule has 0 bridgehead atoms. The summed E-state index contributed by atoms with van der Waals surface area (Å²) in [5.74, 6) is 0.735. The summed E-state index contributed by atoms with van der Waals surface area (Å²) < 4.78 is 0. The molecule has 0 aromatic heterocycles. The standard InChI is InChI=1S/C16H24N2/c1-12(17)16(8-9-16)15-5-3-2-4-14(15)13-6-10-18-11-7-13/h2-5,12-13,18H,6-11,17H2,1H3. The van der Waals surface area contributed by atoms with Gasteiger partial charge >= 0.3 is 0 Å². The molecule has 1 aromatic rings. The largest absolute Gasteiger partial charge is 0.327 e. The molecular weight excluding hydrogens is 220 g/mol. The van der Waals surface area contributed by atoms with E-state index in [4.69, 9.17) is 5.73 Å². The molecule has 2 fully saturated rings. The molecule has 3 rings (SSSR count). The first-order valence-electron chi connectivity index (χ1n) is 7.30. The second kappa shape index (κ2) is 4.67. The maximum absolute atomic E-state index is 6.25. The van der Waals surface area contributed by atoms with Gasteiger partial charge in [-0.3, -0.25) is 0 Å². The van der Waals surface area contributed by atoms with Gasteiger partial charge < -0.3 is 11.1 Å². The Kier molecular flexibility index (Phi) is 3.16. The van der Waals surface area contributed by atoms with Crippen LogP contribution in [-0.2, 0) is 5.41 Å². The van der Waals surface area contributed by atoms with Crippen LogP contribution in [0.1, 0.15) is 49.7 Å². The summed E-state index contributed by atoms with van der Waals surface area (Å²) in [6.45, 7) is 4.49. The zero-order valence-electron chi connectivity index (χ0n) is 11.3. The maximum atomic E-state index is 6.25. The van der Waals surface area contributed by atoms with Gasteiger partial charge in [-0.15, -0.1) is 0 Å². The van der Waals surface area contributed by atoms with E-state index in [0.29, 0.717) is 5.41 Å². The summed E-state index contributed by atoms with van der Waals surface area (Å²) in [7, 11) is 0. The molecule has 1 aliphatic heterocycles. The highest BCUT2D eigenvalue weighted by Crippen LogP contribution is 2.52. The number of hydrogen-bond acceptors (Lipinski definition) is 2. The van der Waals surface area contributed by atoms with Gasteiger partial charge in [-0.25, -0.2) is 0 Å². The van der Waals surface area contributed by atoms with Crippen molar-refractivity contribution in [1.82, 2.24) is 5.32 Å². The normalized spacial score (nSPS) is 24.8. The summed E-state index contributed by atoms with van der Waals surface area (Å²) in [6.07, 6.45) is 5.08. The van der Waals surface area contributed by atoms with E-state index in [-0.39, 0.29) is 6.04 Å². The summed E-state index contributed by atoms with van der Waals surface area (Å²) in [6, 6.07) is 9.32. The van der Waals surface area contributed by atoms with Crippen molar-refractivity contribution in [1.29, 1.82) is 0 Å². The third-order valence-corrected chi connectivity index (χ3v) is 4.94. The highest BCUT2D eigenvalue weighted by molar-refractivity contribution is 5.42. The summed E-state index contributed by atoms with van der Waals surface area (Å²) >= 11 is 0. The number of hydrogen-bond donors (Lipinski definition) is 2. The number of rotatable bonds is 3. The predicted octanol–water partition coefficient (Wildman–Crippen LogP) is 2.53. The van der Waals surface area contributed by atoms with Crippen molar-refractivity contribution in [2.45, 2.75) is 50.0 Å². The Bertz CT molecular complexity index is 415. The van der Waals surface area contributed by atoms with Crippen LogP contribution in [0.2, 0.25) is 0 Å². The van der Waals surface area contributed by atoms with E-state index in [0.717, 1.165) is 19.0 Å². The van der Waals surface area contributed by atoms with Crippen molar-refractivity contribution in [3.63, 3.8) is 0 Å². The highest BCUT2D eigenvalue weighted by atomic mass is 14.9. The third kappa shape index (κ3) is 1.98. The van der Waals surface area contributed by atoms with E-state index < -0.39 is 0 Å². The highest BCUT2D eigenvalue weighted by Gasteiger charge is 2.48. The zero-order chi connectivity index (χ0) is 12.6. The van der Waals surface area contributed by atoms with Crippen molar-refractivity contribution >= 4 is 0 Å². The molecule has 1 aliphatic carbocycles. The molecule has 2 heteroatoms. The fraction of sp³-hybridized carbons (Fsp3) is 0.625. The molecule has 1 saturated carbocycles. The fourth-order valence-electron chi connectivity index (χ4n) is 3.54. The fourth-order valence-corrected chi connectivity index (χ4v) is 3.54. The SMILES string of the molecule is CC(N)C1(c2ccccc2C2CCNCC2)CC1. The Hall–Kier alpha value is -0.860. The molecule has 1 atom stereocenters. The second-order valence-electron chi connectivity index (χ2n) is 6.06. The monoisotopic (exact) mass is 244 g/mol. The van der Waals surface area contributed by atoms with Gasteiger partial charge in [0.1, 0.15) is 0 Å². The molecule has 2 nitrogen and oxygen atoms in total. The molecular formula is C16H24N2. The van der Waals surface area contributed by atoms with Crippen LogP contribution in [0.25, 0.3) is 0 Å². The van der Waals surface area contributed by atoms with E-state index in [2.05, 4.69) is 36.5 Å². The average molecular weight is 244 g/mol. The van der Waals surface area contributed by atoms with E-state index in [9.17, 15) is 0 Å². The van der Waals surface area contributed by atoms with Crippen LogP contribution in [0.4, 0.5) is 0 Å². The molecule has 1 aromatic carbocycles. The van der Waals surface area contributed by atoms with Gasteiger partial charge in [-0.1, -0.05) is 24.3 Å². The molecule has 0 spiro atoms. The molecule has 0 amide bonds. The van der Waals surface area contributed by atoms with Crippen LogP contribution < -0.4 is 11.1 Å². The van der Waals surface area contributed by atoms with E-state index in [1.165, 1.54) is 25.7 Å². The van der Waals surface area contributed by atoms with Crippen LogP contribution in [0.3, 0.4) is 0 Å². The van der Waals surface area contributed by atoms with Crippen molar-refractivity contribution in [3.05, 3.63) is 35.4 Å². The second-order valence-corrected chi connectivity index (χ2v) is 6.06. The molecule has 1 unspecified atom stereocenters. The van der Waals surface area contributed by atoms with Gasteiger partial charge in [0.2, 0.25) is 0 Å². The first kappa shape index (κ1) is 12.2. The Morgan fingerprint density at radius 2 is 1.89 bits per heavy atom. The molecule has 18 heavy (non-hydrogen) atoms. The molecule has 1 saturated heterocycles. The van der Waals surface area contributed by atoms with Gasteiger partial charge in [0.05, 0.1) is 0 Å². The van der Waals surface area contributed by atoms with Crippen molar-refractivity contribution in [3.8, 4) is 0 Å². The molecule has 98 valence electrons. The predicted molar refractivity (Wildman–Crippen MR) is 75.8 cm³/mol. The minimum atomic E-state index is 0.278. The van der Waals surface area contributed by atoms with Crippen LogP contribution in [-0.4, -0.2) is 19.1 Å². The van der Waals surface area contributed by atoms with Gasteiger partial charge in [-0.2, -0.15) is 0 Å². The number of nitrogens with two attached hydrogens (primary N) is 1. The van der Waals surface area contributed by atoms with E-state index in [1.54, 1.807) is 11.1 Å². The topological polar surface area (TPSA) is 38.0 Å². The average Bonchev–Trinajstić information content (AvgIpc) is 3.21. The Balaban J connectivity index is 1.95. The van der Waals surface area contributed by atoms with E-state index >= 15 is 0 Å². The summed E-state index contributed by atoms with van der Waals surface area (Å²) in [4.78, 5) is 0. The molecule has 3 N–H and O–H groups in total. The Morgan fingerprint density at radius 3 is 2.50 bits per heavy atom. The smallest absolute Gasteiger partial charge is 0.0108 e. The van der Waals surface area contributed by atoms with Crippen LogP contribution in [0.15, 0.2) is 24.3 Å². The minimum absolute atomic E-state index is 0.278. The van der Waals surface area contributed by atoms with Gasteiger partial charge in [0.25, 0.3) is 0 Å². The Labute approximate surface area is 110 Å². The lowest BCUT2D eigenvalue weighted by Crippen LogP contribution is -2.34. The van der Waals surface area contributed by atoms with Crippen molar-refractivity contribution < 1.29 is 0 Å². The summed E-state index contributed by atoms with van der Waals surface area (Å²) in [5, 5.41) is 3.46. The lowest BCUT2D eigenvalue weighted by molar-refractivity contribution is 0.450. The minimum Gasteiger partial charge on any atom is -0.327 e. The third-order valence-electron chi connectivity index (χ3n) is 4.94. The molecule has 1 heterocycles. The first-order chi connectivity index (χ1) is 8.74. The zero-order valence-corrected chi connectivity index (χ0v) is 11.3. The van der Waals surface area contributed by atoms with Crippen molar-refractivity contribution in [2.24, 2.45) is 5.73 Å². The number of piperidine rings is 1. The maximum Gasteiger partial charge on any atom is 0.0108 e. The van der Waals surface area contributed by atoms with E-state index in [1.807, 2.05) is 0 Å². The Morgan fingerprint density at radius 1 is 1.22 bits per heavy atom. The number of benzene rings is 1. The van der Waals surface area contributed by atoms with Crippen LogP contribution in [0, 0.1) is 0 Å². The molecule has 0 radical (unpaired) electrons. The quantitative estimate of drug-likeness (QED) is 0.857.